The zero-order valence-corrected chi connectivity index (χ0v) is 24.3. The number of aromatic nitrogens is 3. The first-order chi connectivity index (χ1) is 18.8. The second-order valence-corrected chi connectivity index (χ2v) is 13.2. The van der Waals surface area contributed by atoms with Gasteiger partial charge in [0.05, 0.1) is 33.9 Å². The molecule has 1 saturated carbocycles. The molecule has 5 rings (SSSR count). The van der Waals surface area contributed by atoms with Crippen molar-refractivity contribution in [1.29, 1.82) is 0 Å². The number of carbonyl (C=O) groups excluding carboxylic acids is 1. The number of amides is 1. The predicted octanol–water partition coefficient (Wildman–Crippen LogP) is 3.64. The number of hydrogen-bond donors (Lipinski definition) is 1. The van der Waals surface area contributed by atoms with Crippen LogP contribution in [0.15, 0.2) is 59.6 Å². The van der Waals surface area contributed by atoms with Crippen molar-refractivity contribution in [3.63, 3.8) is 0 Å². The van der Waals surface area contributed by atoms with E-state index in [2.05, 4.69) is 21.7 Å². The summed E-state index contributed by atoms with van der Waals surface area (Å²) in [5, 5.41) is 4.50. The normalized spacial score (nSPS) is 18.9. The number of nitrogens with one attached hydrogen (secondary N) is 1. The molecular weight excluding hydrogens is 531 g/mol. The Morgan fingerprint density at radius 2 is 1.73 bits per heavy atom. The Morgan fingerprint density at radius 1 is 1.05 bits per heavy atom. The van der Waals surface area contributed by atoms with Gasteiger partial charge in [-0.1, -0.05) is 31.5 Å². The molecule has 2 aliphatic rings. The summed E-state index contributed by atoms with van der Waals surface area (Å²) in [4.78, 5) is 18.0. The molecule has 0 spiro atoms. The van der Waals surface area contributed by atoms with Gasteiger partial charge in [0.15, 0.2) is 5.82 Å². The third-order valence-corrected chi connectivity index (χ3v) is 9.65. The van der Waals surface area contributed by atoms with E-state index in [1.807, 2.05) is 27.7 Å². The monoisotopic (exact) mass is 566 g/mol. The molecule has 1 saturated heterocycles. The lowest BCUT2D eigenvalue weighted by atomic mass is 9.80. The number of benzene rings is 1. The van der Waals surface area contributed by atoms with Crippen LogP contribution in [0.5, 0.6) is 5.88 Å². The van der Waals surface area contributed by atoms with E-state index >= 15 is 0 Å². The van der Waals surface area contributed by atoms with Gasteiger partial charge in [-0.15, -0.1) is 5.10 Å². The smallest absolute Gasteiger partial charge is 0.477 e. The molecule has 12 heteroatoms. The molecule has 40 heavy (non-hydrogen) atoms. The van der Waals surface area contributed by atoms with E-state index in [4.69, 9.17) is 14.0 Å². The number of hydrogen-bond acceptors (Lipinski definition) is 8. The molecule has 0 atom stereocenters. The number of carbonyl (C=O) groups is 1. The maximum absolute atomic E-state index is 13.3. The highest BCUT2D eigenvalue weighted by atomic mass is 32.2. The fourth-order valence-electron chi connectivity index (χ4n) is 4.59. The van der Waals surface area contributed by atoms with Gasteiger partial charge in [-0.05, 0) is 76.6 Å². The van der Waals surface area contributed by atoms with Gasteiger partial charge in [0.25, 0.3) is 15.9 Å². The Balaban J connectivity index is 1.42. The molecule has 3 aromatic rings. The molecular formula is C28H35BN4O6S. The van der Waals surface area contributed by atoms with Gasteiger partial charge in [-0.3, -0.25) is 4.79 Å². The summed E-state index contributed by atoms with van der Waals surface area (Å²) >= 11 is 0. The molecule has 1 aromatic carbocycles. The molecule has 2 fully saturated rings. The standard InChI is InChI=1S/C28H35BN4O6S/c1-6-28(15-16-28)17-19-37-23-14-18-33(31-23)22-13-12-21(24(30-22)29-38-26(2,3)27(4,5)39-29)25(34)32-40(35,36)20-10-8-7-9-11-20/h7-14,18H,6,15-17,19H2,1-5H3,(H,32,34). The molecule has 0 unspecified atom stereocenters. The SMILES string of the molecule is CCC1(CCOc2ccn(-c3ccc(C(=O)NS(=O)(=O)c4ccccc4)c(B4OC(C)(C)C(C)(C)O4)n3)n2)CC1. The first-order valence-electron chi connectivity index (χ1n) is 13.5. The lowest BCUT2D eigenvalue weighted by Gasteiger charge is -2.32. The first-order valence-corrected chi connectivity index (χ1v) is 15.0. The van der Waals surface area contributed by atoms with Crippen LogP contribution in [0.4, 0.5) is 0 Å². The van der Waals surface area contributed by atoms with E-state index < -0.39 is 34.3 Å². The average Bonchev–Trinajstić information content (AvgIpc) is 3.47. The van der Waals surface area contributed by atoms with Crippen molar-refractivity contribution in [1.82, 2.24) is 19.5 Å². The number of pyridine rings is 1. The molecule has 1 N–H and O–H groups in total. The van der Waals surface area contributed by atoms with Crippen LogP contribution in [0.1, 0.15) is 70.7 Å². The van der Waals surface area contributed by atoms with Crippen LogP contribution < -0.4 is 15.1 Å². The van der Waals surface area contributed by atoms with Crippen molar-refractivity contribution in [2.24, 2.45) is 5.41 Å². The third-order valence-electron chi connectivity index (χ3n) is 8.30. The largest absolute Gasteiger partial charge is 0.515 e. The van der Waals surface area contributed by atoms with Gasteiger partial charge in [-0.25, -0.2) is 22.8 Å². The summed E-state index contributed by atoms with van der Waals surface area (Å²) < 4.78 is 47.7. The van der Waals surface area contributed by atoms with Crippen molar-refractivity contribution >= 4 is 28.6 Å². The van der Waals surface area contributed by atoms with Gasteiger partial charge in [0.2, 0.25) is 5.88 Å². The maximum Gasteiger partial charge on any atom is 0.515 e. The Morgan fingerprint density at radius 3 is 2.35 bits per heavy atom. The summed E-state index contributed by atoms with van der Waals surface area (Å²) in [5.74, 6) is 0.0259. The lowest BCUT2D eigenvalue weighted by Crippen LogP contribution is -2.44. The van der Waals surface area contributed by atoms with Crippen LogP contribution in [0.2, 0.25) is 0 Å². The lowest BCUT2D eigenvalue weighted by molar-refractivity contribution is 0.00578. The van der Waals surface area contributed by atoms with Gasteiger partial charge >= 0.3 is 7.12 Å². The van der Waals surface area contributed by atoms with Crippen molar-refractivity contribution in [3.05, 3.63) is 60.3 Å². The van der Waals surface area contributed by atoms with E-state index in [1.165, 1.54) is 31.0 Å². The van der Waals surface area contributed by atoms with Crippen molar-refractivity contribution in [3.8, 4) is 11.7 Å². The quantitative estimate of drug-likeness (QED) is 0.369. The van der Waals surface area contributed by atoms with Gasteiger partial charge in [0, 0.05) is 12.3 Å². The van der Waals surface area contributed by atoms with E-state index in [0.29, 0.717) is 23.7 Å². The van der Waals surface area contributed by atoms with Gasteiger partial charge in [0.1, 0.15) is 0 Å². The Bertz CT molecular complexity index is 1490. The van der Waals surface area contributed by atoms with Crippen LogP contribution in [0.25, 0.3) is 5.82 Å². The first kappa shape index (κ1) is 28.3. The number of ether oxygens (including phenoxy) is 1. The van der Waals surface area contributed by atoms with E-state index in [9.17, 15) is 13.2 Å². The molecule has 0 bridgehead atoms. The fourth-order valence-corrected chi connectivity index (χ4v) is 5.58. The zero-order chi connectivity index (χ0) is 28.8. The summed E-state index contributed by atoms with van der Waals surface area (Å²) in [5.41, 5.74) is -0.827. The van der Waals surface area contributed by atoms with Crippen LogP contribution in [0.3, 0.4) is 0 Å². The number of sulfonamides is 1. The van der Waals surface area contributed by atoms with Crippen molar-refractivity contribution in [2.75, 3.05) is 6.61 Å². The fraction of sp³-hybridized carbons (Fsp3) is 0.464. The molecule has 1 aliphatic carbocycles. The Hall–Kier alpha value is -3.22. The highest BCUT2D eigenvalue weighted by Gasteiger charge is 2.53. The van der Waals surface area contributed by atoms with Crippen LogP contribution in [-0.2, 0) is 19.3 Å². The van der Waals surface area contributed by atoms with Crippen LogP contribution in [-0.4, -0.2) is 54.0 Å². The van der Waals surface area contributed by atoms with E-state index in [1.54, 1.807) is 41.2 Å². The van der Waals surface area contributed by atoms with Gasteiger partial charge in [-0.2, -0.15) is 0 Å². The molecule has 1 amide bonds. The van der Waals surface area contributed by atoms with Crippen molar-refractivity contribution in [2.45, 2.75) is 76.4 Å². The second kappa shape index (κ2) is 10.3. The molecule has 2 aromatic heterocycles. The highest BCUT2D eigenvalue weighted by Crippen LogP contribution is 2.51. The third kappa shape index (κ3) is 5.66. The van der Waals surface area contributed by atoms with Gasteiger partial charge < -0.3 is 14.0 Å². The summed E-state index contributed by atoms with van der Waals surface area (Å²) in [7, 11) is -5.13. The summed E-state index contributed by atoms with van der Waals surface area (Å²) in [6.45, 7) is 10.4. The highest BCUT2D eigenvalue weighted by molar-refractivity contribution is 7.90. The average molecular weight is 566 g/mol. The van der Waals surface area contributed by atoms with E-state index in [0.717, 1.165) is 12.8 Å². The minimum atomic E-state index is -4.11. The Labute approximate surface area is 235 Å². The number of rotatable bonds is 10. The Kier molecular flexibility index (Phi) is 7.30. The second-order valence-electron chi connectivity index (χ2n) is 11.5. The summed E-state index contributed by atoms with van der Waals surface area (Å²) in [6.07, 6.45) is 6.37. The van der Waals surface area contributed by atoms with Crippen LogP contribution >= 0.6 is 0 Å². The predicted molar refractivity (Wildman–Crippen MR) is 150 cm³/mol. The molecule has 0 radical (unpaired) electrons. The molecule has 10 nitrogen and oxygen atoms in total. The summed E-state index contributed by atoms with van der Waals surface area (Å²) in [6, 6.07) is 12.5. The maximum atomic E-state index is 13.3. The number of nitrogens with zero attached hydrogens (tertiary/aromatic N) is 3. The topological polar surface area (TPSA) is 122 Å². The minimum Gasteiger partial charge on any atom is -0.477 e. The van der Waals surface area contributed by atoms with Crippen molar-refractivity contribution < 1.29 is 27.3 Å². The minimum absolute atomic E-state index is 0.0136. The molecule has 3 heterocycles. The molecule has 212 valence electrons. The van der Waals surface area contributed by atoms with E-state index in [-0.39, 0.29) is 16.1 Å². The zero-order valence-electron chi connectivity index (χ0n) is 23.5. The van der Waals surface area contributed by atoms with Crippen LogP contribution in [0, 0.1) is 5.41 Å². The molecule has 1 aliphatic heterocycles.